The molecule has 0 aliphatic carbocycles. The van der Waals surface area contributed by atoms with E-state index in [2.05, 4.69) is 15.5 Å². The van der Waals surface area contributed by atoms with Crippen LogP contribution in [0.4, 0.5) is 5.82 Å². The fraction of sp³-hybridized carbons (Fsp3) is 0.667. The summed E-state index contributed by atoms with van der Waals surface area (Å²) in [4.78, 5) is 12.3. The smallest absolute Gasteiger partial charge is 0.243 e. The molecule has 7 nitrogen and oxygen atoms in total. The van der Waals surface area contributed by atoms with Gasteiger partial charge in [-0.25, -0.2) is 8.42 Å². The summed E-state index contributed by atoms with van der Waals surface area (Å²) < 4.78 is 24.8. The lowest BCUT2D eigenvalue weighted by atomic mass is 10.0. The Labute approximate surface area is 118 Å². The first-order valence-corrected chi connectivity index (χ1v) is 8.58. The van der Waals surface area contributed by atoms with Gasteiger partial charge in [-0.2, -0.15) is 9.40 Å². The number of rotatable bonds is 4. The molecule has 1 aliphatic heterocycles. The van der Waals surface area contributed by atoms with Gasteiger partial charge in [0.05, 0.1) is 12.5 Å². The monoisotopic (exact) mass is 300 g/mol. The molecular weight excluding hydrogens is 280 g/mol. The van der Waals surface area contributed by atoms with Crippen LogP contribution in [0.5, 0.6) is 0 Å². The molecule has 1 aromatic heterocycles. The van der Waals surface area contributed by atoms with Crippen molar-refractivity contribution in [3.05, 3.63) is 11.8 Å². The van der Waals surface area contributed by atoms with Gasteiger partial charge >= 0.3 is 0 Å². The van der Waals surface area contributed by atoms with E-state index in [1.54, 1.807) is 6.20 Å². The summed E-state index contributed by atoms with van der Waals surface area (Å²) in [7, 11) is -3.37. The molecule has 1 fully saturated rings. The summed E-state index contributed by atoms with van der Waals surface area (Å²) in [5.74, 6) is 0.255. The van der Waals surface area contributed by atoms with Crippen molar-refractivity contribution >= 4 is 21.7 Å². The maximum atomic E-state index is 12.3. The van der Waals surface area contributed by atoms with Gasteiger partial charge in [0.2, 0.25) is 15.9 Å². The minimum Gasteiger partial charge on any atom is -0.309 e. The first-order valence-electron chi connectivity index (χ1n) is 6.73. The lowest BCUT2D eigenvalue weighted by molar-refractivity contribution is -0.120. The second kappa shape index (κ2) is 5.92. The second-order valence-corrected chi connectivity index (χ2v) is 6.93. The van der Waals surface area contributed by atoms with Crippen molar-refractivity contribution in [2.75, 3.05) is 18.1 Å². The highest BCUT2D eigenvalue weighted by Gasteiger charge is 2.34. The number of nitrogens with one attached hydrogen (secondary N) is 2. The third-order valence-electron chi connectivity index (χ3n) is 3.53. The number of nitrogens with zero attached hydrogens (tertiary/aromatic N) is 2. The standard InChI is InChI=1S/C12H20N4O3S/c1-3-9-8-13-15-11(9)14-12(17)10-6-4-5-7-16(10)20(2,18)19/h8,10H,3-7H2,1-2H3,(H2,13,14,15,17). The van der Waals surface area contributed by atoms with E-state index < -0.39 is 16.1 Å². The van der Waals surface area contributed by atoms with Crippen molar-refractivity contribution < 1.29 is 13.2 Å². The van der Waals surface area contributed by atoms with Gasteiger partial charge in [0.25, 0.3) is 0 Å². The first-order chi connectivity index (χ1) is 9.43. The van der Waals surface area contributed by atoms with Crippen LogP contribution in [0.15, 0.2) is 6.20 Å². The van der Waals surface area contributed by atoms with Gasteiger partial charge < -0.3 is 5.32 Å². The van der Waals surface area contributed by atoms with Crippen LogP contribution < -0.4 is 5.32 Å². The third-order valence-corrected chi connectivity index (χ3v) is 4.82. The van der Waals surface area contributed by atoms with E-state index in [1.807, 2.05) is 6.92 Å². The summed E-state index contributed by atoms with van der Waals surface area (Å²) in [5, 5.41) is 9.37. The zero-order valence-corrected chi connectivity index (χ0v) is 12.5. The largest absolute Gasteiger partial charge is 0.309 e. The molecule has 0 aromatic carbocycles. The average molecular weight is 300 g/mol. The number of H-pyrrole nitrogens is 1. The Morgan fingerprint density at radius 3 is 2.95 bits per heavy atom. The van der Waals surface area contributed by atoms with E-state index in [-0.39, 0.29) is 5.91 Å². The maximum absolute atomic E-state index is 12.3. The molecule has 2 heterocycles. The quantitative estimate of drug-likeness (QED) is 0.856. The Hall–Kier alpha value is -1.41. The maximum Gasteiger partial charge on any atom is 0.243 e. The molecule has 0 saturated carbocycles. The van der Waals surface area contributed by atoms with Gasteiger partial charge in [-0.1, -0.05) is 13.3 Å². The van der Waals surface area contributed by atoms with E-state index in [0.717, 1.165) is 31.1 Å². The molecule has 8 heteroatoms. The highest BCUT2D eigenvalue weighted by Crippen LogP contribution is 2.21. The summed E-state index contributed by atoms with van der Waals surface area (Å²) in [6, 6.07) is -0.633. The topological polar surface area (TPSA) is 95.2 Å². The van der Waals surface area contributed by atoms with Crippen molar-refractivity contribution in [1.29, 1.82) is 0 Å². The molecule has 2 rings (SSSR count). The zero-order chi connectivity index (χ0) is 14.8. The molecule has 1 saturated heterocycles. The Kier molecular flexibility index (Phi) is 4.44. The van der Waals surface area contributed by atoms with Gasteiger partial charge in [-0.15, -0.1) is 0 Å². The predicted octanol–water partition coefficient (Wildman–Crippen LogP) is 0.725. The molecule has 112 valence electrons. The average Bonchev–Trinajstić information content (AvgIpc) is 2.85. The van der Waals surface area contributed by atoms with Crippen molar-refractivity contribution in [2.24, 2.45) is 0 Å². The van der Waals surface area contributed by atoms with E-state index in [9.17, 15) is 13.2 Å². The van der Waals surface area contributed by atoms with E-state index >= 15 is 0 Å². The van der Waals surface area contributed by atoms with Crippen molar-refractivity contribution in [1.82, 2.24) is 14.5 Å². The lowest BCUT2D eigenvalue weighted by Crippen LogP contribution is -2.49. The zero-order valence-electron chi connectivity index (χ0n) is 11.7. The van der Waals surface area contributed by atoms with E-state index in [1.165, 1.54) is 4.31 Å². The van der Waals surface area contributed by atoms with Crippen LogP contribution in [0.1, 0.15) is 31.7 Å². The number of sulfonamides is 1. The van der Waals surface area contributed by atoms with Crippen LogP contribution in [0.2, 0.25) is 0 Å². The Bertz CT molecular complexity index is 581. The molecule has 20 heavy (non-hydrogen) atoms. The molecule has 1 atom stereocenters. The summed E-state index contributed by atoms with van der Waals surface area (Å²) >= 11 is 0. The molecule has 1 unspecified atom stereocenters. The molecule has 1 aromatic rings. The molecule has 1 amide bonds. The highest BCUT2D eigenvalue weighted by molar-refractivity contribution is 7.88. The van der Waals surface area contributed by atoms with Gasteiger partial charge in [-0.05, 0) is 19.3 Å². The lowest BCUT2D eigenvalue weighted by Gasteiger charge is -2.32. The van der Waals surface area contributed by atoms with Crippen LogP contribution in [-0.2, 0) is 21.2 Å². The number of aryl methyl sites for hydroxylation is 1. The second-order valence-electron chi connectivity index (χ2n) is 5.00. The van der Waals surface area contributed by atoms with Crippen molar-refractivity contribution in [3.63, 3.8) is 0 Å². The third kappa shape index (κ3) is 3.18. The minimum absolute atomic E-state index is 0.297. The van der Waals surface area contributed by atoms with Crippen LogP contribution in [0.3, 0.4) is 0 Å². The van der Waals surface area contributed by atoms with Crippen LogP contribution >= 0.6 is 0 Å². The number of carbonyl (C=O) groups is 1. The van der Waals surface area contributed by atoms with E-state index in [0.29, 0.717) is 18.8 Å². The Balaban J connectivity index is 2.14. The van der Waals surface area contributed by atoms with E-state index in [4.69, 9.17) is 0 Å². The molecule has 1 aliphatic rings. The van der Waals surface area contributed by atoms with Gasteiger partial charge in [0, 0.05) is 12.1 Å². The van der Waals surface area contributed by atoms with Gasteiger partial charge in [-0.3, -0.25) is 9.89 Å². The van der Waals surface area contributed by atoms with Gasteiger partial charge in [0.1, 0.15) is 11.9 Å². The van der Waals surface area contributed by atoms with Crippen molar-refractivity contribution in [3.8, 4) is 0 Å². The SMILES string of the molecule is CCc1cn[nH]c1NC(=O)C1CCCCN1S(C)(=O)=O. The molecular formula is C12H20N4O3S. The number of aromatic nitrogens is 2. The predicted molar refractivity (Wildman–Crippen MR) is 75.8 cm³/mol. The van der Waals surface area contributed by atoms with Crippen molar-refractivity contribution in [2.45, 2.75) is 38.6 Å². The number of amides is 1. The number of piperidine rings is 1. The molecule has 0 bridgehead atoms. The fourth-order valence-corrected chi connectivity index (χ4v) is 3.58. The summed E-state index contributed by atoms with van der Waals surface area (Å²) in [6.07, 6.45) is 5.74. The molecule has 2 N–H and O–H groups in total. The fourth-order valence-electron chi connectivity index (χ4n) is 2.46. The molecule has 0 radical (unpaired) electrons. The van der Waals surface area contributed by atoms with Crippen LogP contribution in [0.25, 0.3) is 0 Å². The Morgan fingerprint density at radius 1 is 1.55 bits per heavy atom. The number of hydrogen-bond donors (Lipinski definition) is 2. The normalized spacial score (nSPS) is 20.8. The van der Waals surface area contributed by atoms with Crippen LogP contribution in [0, 0.1) is 0 Å². The number of carbonyl (C=O) groups excluding carboxylic acids is 1. The van der Waals surface area contributed by atoms with Crippen LogP contribution in [-0.4, -0.2) is 47.7 Å². The summed E-state index contributed by atoms with van der Waals surface area (Å²) in [6.45, 7) is 2.37. The highest BCUT2D eigenvalue weighted by atomic mass is 32.2. The van der Waals surface area contributed by atoms with Gasteiger partial charge in [0.15, 0.2) is 0 Å². The number of anilines is 1. The molecule has 0 spiro atoms. The summed E-state index contributed by atoms with van der Waals surface area (Å²) in [5.41, 5.74) is 0.903. The number of hydrogen-bond acceptors (Lipinski definition) is 4. The Morgan fingerprint density at radius 2 is 2.30 bits per heavy atom. The minimum atomic E-state index is -3.37. The number of aromatic amines is 1. The first kappa shape index (κ1) is 15.0.